The molecular formula is C18H18N2O3S. The van der Waals surface area contributed by atoms with Crippen molar-refractivity contribution < 1.29 is 14.3 Å². The van der Waals surface area contributed by atoms with Crippen molar-refractivity contribution >= 4 is 23.6 Å². The van der Waals surface area contributed by atoms with Crippen LogP contribution in [0.4, 0.5) is 0 Å². The van der Waals surface area contributed by atoms with Gasteiger partial charge in [-0.15, -0.1) is 11.8 Å². The van der Waals surface area contributed by atoms with E-state index in [1.165, 1.54) is 17.3 Å². The topological polar surface area (TPSA) is 67.4 Å². The summed E-state index contributed by atoms with van der Waals surface area (Å²) in [5.74, 6) is 0.345. The number of ether oxygens (including phenoxy) is 1. The largest absolute Gasteiger partial charge is 0.480 e. The van der Waals surface area contributed by atoms with Crippen molar-refractivity contribution in [3.8, 4) is 5.75 Å². The molecule has 2 N–H and O–H groups in total. The molecule has 24 heavy (non-hydrogen) atoms. The lowest BCUT2D eigenvalue weighted by atomic mass is 10.1. The predicted octanol–water partition coefficient (Wildman–Crippen LogP) is 2.24. The summed E-state index contributed by atoms with van der Waals surface area (Å²) in [6, 6.07) is 15.5. The van der Waals surface area contributed by atoms with Crippen LogP contribution in [0.1, 0.15) is 11.1 Å². The van der Waals surface area contributed by atoms with Gasteiger partial charge in [-0.25, -0.2) is 0 Å². The fraction of sp³-hybridized carbons (Fsp3) is 0.222. The van der Waals surface area contributed by atoms with Gasteiger partial charge in [-0.1, -0.05) is 35.9 Å². The van der Waals surface area contributed by atoms with E-state index >= 15 is 0 Å². The Hall–Kier alpha value is -2.47. The fourth-order valence-corrected chi connectivity index (χ4v) is 3.06. The molecule has 6 heteroatoms. The molecule has 0 bridgehead atoms. The SMILES string of the molecule is Cc1ccc(SCC(=O)NNC(=O)[C@H]2Cc3ccccc3O2)cc1. The third kappa shape index (κ3) is 4.08. The monoisotopic (exact) mass is 342 g/mol. The minimum Gasteiger partial charge on any atom is -0.480 e. The van der Waals surface area contributed by atoms with Gasteiger partial charge in [0.15, 0.2) is 6.10 Å². The van der Waals surface area contributed by atoms with Crippen molar-refractivity contribution in [1.82, 2.24) is 10.9 Å². The maximum absolute atomic E-state index is 12.1. The highest BCUT2D eigenvalue weighted by molar-refractivity contribution is 8.00. The Morgan fingerprint density at radius 2 is 1.88 bits per heavy atom. The molecule has 0 spiro atoms. The molecule has 0 unspecified atom stereocenters. The van der Waals surface area contributed by atoms with Crippen molar-refractivity contribution in [2.75, 3.05) is 5.75 Å². The van der Waals surface area contributed by atoms with E-state index in [-0.39, 0.29) is 17.6 Å². The van der Waals surface area contributed by atoms with Crippen molar-refractivity contribution in [1.29, 1.82) is 0 Å². The predicted molar refractivity (Wildman–Crippen MR) is 92.8 cm³/mol. The van der Waals surface area contributed by atoms with Gasteiger partial charge in [0, 0.05) is 11.3 Å². The lowest BCUT2D eigenvalue weighted by Crippen LogP contribution is -2.48. The Balaban J connectivity index is 1.42. The molecule has 1 aliphatic rings. The van der Waals surface area contributed by atoms with Crippen LogP contribution in [0, 0.1) is 6.92 Å². The van der Waals surface area contributed by atoms with Crippen LogP contribution in [0.2, 0.25) is 0 Å². The van der Waals surface area contributed by atoms with E-state index in [1.54, 1.807) is 0 Å². The third-order valence-electron chi connectivity index (χ3n) is 3.66. The van der Waals surface area contributed by atoms with Crippen molar-refractivity contribution in [3.05, 3.63) is 59.7 Å². The van der Waals surface area contributed by atoms with E-state index in [0.29, 0.717) is 6.42 Å². The fourth-order valence-electron chi connectivity index (χ4n) is 2.36. The van der Waals surface area contributed by atoms with Gasteiger partial charge in [0.2, 0.25) is 5.91 Å². The number of fused-ring (bicyclic) bond motifs is 1. The molecule has 0 radical (unpaired) electrons. The maximum atomic E-state index is 12.1. The Morgan fingerprint density at radius 1 is 1.12 bits per heavy atom. The van der Waals surface area contributed by atoms with E-state index in [1.807, 2.05) is 55.5 Å². The highest BCUT2D eigenvalue weighted by atomic mass is 32.2. The van der Waals surface area contributed by atoms with Gasteiger partial charge in [-0.3, -0.25) is 20.4 Å². The zero-order valence-electron chi connectivity index (χ0n) is 13.2. The number of thioether (sulfide) groups is 1. The summed E-state index contributed by atoms with van der Waals surface area (Å²) in [5.41, 5.74) is 7.03. The smallest absolute Gasteiger partial charge is 0.279 e. The van der Waals surface area contributed by atoms with Gasteiger partial charge in [0.25, 0.3) is 5.91 Å². The lowest BCUT2D eigenvalue weighted by molar-refractivity contribution is -0.131. The van der Waals surface area contributed by atoms with Crippen LogP contribution in [0.3, 0.4) is 0 Å². The van der Waals surface area contributed by atoms with Crippen molar-refractivity contribution in [2.45, 2.75) is 24.3 Å². The molecule has 0 saturated heterocycles. The van der Waals surface area contributed by atoms with Crippen LogP contribution in [-0.4, -0.2) is 23.7 Å². The molecule has 0 aliphatic carbocycles. The summed E-state index contributed by atoms with van der Waals surface area (Å²) in [7, 11) is 0. The molecule has 3 rings (SSSR count). The van der Waals surface area contributed by atoms with Gasteiger partial charge in [0.05, 0.1) is 5.75 Å². The number of para-hydroxylation sites is 1. The first-order chi connectivity index (χ1) is 11.6. The first-order valence-electron chi connectivity index (χ1n) is 7.64. The minimum absolute atomic E-state index is 0.231. The second-order valence-corrected chi connectivity index (χ2v) is 6.61. The first-order valence-corrected chi connectivity index (χ1v) is 8.63. The molecule has 1 aliphatic heterocycles. The standard InChI is InChI=1S/C18H18N2O3S/c1-12-6-8-14(9-7-12)24-11-17(21)19-20-18(22)16-10-13-4-2-3-5-15(13)23-16/h2-9,16H,10-11H2,1H3,(H,19,21)(H,20,22)/t16-/m1/s1. The number of carbonyl (C=O) groups is 2. The number of nitrogens with one attached hydrogen (secondary N) is 2. The molecule has 2 aromatic rings. The van der Waals surface area contributed by atoms with Gasteiger partial charge in [-0.2, -0.15) is 0 Å². The quantitative estimate of drug-likeness (QED) is 0.660. The van der Waals surface area contributed by atoms with Crippen LogP contribution in [0.5, 0.6) is 5.75 Å². The average molecular weight is 342 g/mol. The second kappa shape index (κ2) is 7.40. The normalized spacial score (nSPS) is 15.3. The van der Waals surface area contributed by atoms with Crippen LogP contribution in [0.25, 0.3) is 0 Å². The Morgan fingerprint density at radius 3 is 2.62 bits per heavy atom. The number of amides is 2. The maximum Gasteiger partial charge on any atom is 0.279 e. The number of hydrogen-bond donors (Lipinski definition) is 2. The number of benzene rings is 2. The minimum atomic E-state index is -0.604. The molecule has 0 saturated carbocycles. The van der Waals surface area contributed by atoms with Crippen LogP contribution in [0.15, 0.2) is 53.4 Å². The van der Waals surface area contributed by atoms with E-state index in [9.17, 15) is 9.59 Å². The Bertz CT molecular complexity index is 721. The van der Waals surface area contributed by atoms with Crippen LogP contribution in [-0.2, 0) is 16.0 Å². The van der Waals surface area contributed by atoms with Gasteiger partial charge >= 0.3 is 0 Å². The van der Waals surface area contributed by atoms with Gasteiger partial charge in [-0.05, 0) is 30.7 Å². The molecule has 0 aromatic heterocycles. The molecule has 2 aromatic carbocycles. The first kappa shape index (κ1) is 16.4. The summed E-state index contributed by atoms with van der Waals surface area (Å²) in [5, 5.41) is 0. The summed E-state index contributed by atoms with van der Waals surface area (Å²) >= 11 is 1.42. The molecule has 5 nitrogen and oxygen atoms in total. The number of hydrazine groups is 1. The van der Waals surface area contributed by atoms with Crippen molar-refractivity contribution in [2.24, 2.45) is 0 Å². The zero-order chi connectivity index (χ0) is 16.9. The van der Waals surface area contributed by atoms with E-state index < -0.39 is 6.10 Å². The molecule has 124 valence electrons. The highest BCUT2D eigenvalue weighted by Crippen LogP contribution is 2.28. The second-order valence-electron chi connectivity index (χ2n) is 5.56. The van der Waals surface area contributed by atoms with Gasteiger partial charge < -0.3 is 4.74 Å². The third-order valence-corrected chi connectivity index (χ3v) is 4.67. The average Bonchev–Trinajstić information content (AvgIpc) is 3.03. The molecule has 2 amide bonds. The van der Waals surface area contributed by atoms with E-state index in [4.69, 9.17) is 4.74 Å². The number of aryl methyl sites for hydroxylation is 1. The van der Waals surface area contributed by atoms with Crippen LogP contribution < -0.4 is 15.6 Å². The Kier molecular flexibility index (Phi) is 5.05. The summed E-state index contributed by atoms with van der Waals surface area (Å²) < 4.78 is 5.57. The molecule has 1 atom stereocenters. The Labute approximate surface area is 144 Å². The lowest BCUT2D eigenvalue weighted by Gasteiger charge is -2.12. The van der Waals surface area contributed by atoms with Gasteiger partial charge in [0.1, 0.15) is 5.75 Å². The molecular weight excluding hydrogens is 324 g/mol. The molecule has 0 fully saturated rings. The number of carbonyl (C=O) groups excluding carboxylic acids is 2. The summed E-state index contributed by atoms with van der Waals surface area (Å²) in [6.45, 7) is 2.01. The number of rotatable bonds is 4. The van der Waals surface area contributed by atoms with Crippen molar-refractivity contribution in [3.63, 3.8) is 0 Å². The van der Waals surface area contributed by atoms with E-state index in [2.05, 4.69) is 10.9 Å². The highest BCUT2D eigenvalue weighted by Gasteiger charge is 2.28. The zero-order valence-corrected chi connectivity index (χ0v) is 14.1. The summed E-state index contributed by atoms with van der Waals surface area (Å²) in [6.07, 6.45) is -0.0943. The number of hydrogen-bond acceptors (Lipinski definition) is 4. The van der Waals surface area contributed by atoms with Crippen LogP contribution >= 0.6 is 11.8 Å². The summed E-state index contributed by atoms with van der Waals surface area (Å²) in [4.78, 5) is 24.9. The molecule has 1 heterocycles. The van der Waals surface area contributed by atoms with E-state index in [0.717, 1.165) is 16.2 Å².